The van der Waals surface area contributed by atoms with Crippen LogP contribution in [0.3, 0.4) is 0 Å². The van der Waals surface area contributed by atoms with Crippen molar-refractivity contribution in [3.05, 3.63) is 76.5 Å². The Balaban J connectivity index is 2.23. The van der Waals surface area contributed by atoms with E-state index in [-0.39, 0.29) is 12.2 Å². The molecule has 8 heteroatoms. The van der Waals surface area contributed by atoms with E-state index in [1.54, 1.807) is 13.0 Å². The smallest absolute Gasteiger partial charge is 0.416 e. The summed E-state index contributed by atoms with van der Waals surface area (Å²) < 4.78 is 47.9. The molecule has 2 rings (SSSR count). The van der Waals surface area contributed by atoms with E-state index in [4.69, 9.17) is 14.3 Å². The quantitative estimate of drug-likeness (QED) is 0.205. The van der Waals surface area contributed by atoms with Gasteiger partial charge in [0.05, 0.1) is 31.8 Å². The maximum Gasteiger partial charge on any atom is 0.416 e. The van der Waals surface area contributed by atoms with Gasteiger partial charge in [-0.2, -0.15) is 13.2 Å². The number of ether oxygens (including phenoxy) is 2. The number of rotatable bonds is 7. The van der Waals surface area contributed by atoms with Crippen molar-refractivity contribution in [2.75, 3.05) is 14.2 Å². The minimum absolute atomic E-state index is 0.0348. The van der Waals surface area contributed by atoms with Crippen LogP contribution >= 0.6 is 0 Å². The molecule has 0 heterocycles. The third kappa shape index (κ3) is 5.62. The first-order chi connectivity index (χ1) is 14.2. The Bertz CT molecular complexity index is 948. The van der Waals surface area contributed by atoms with Crippen LogP contribution in [0, 0.1) is 6.92 Å². The van der Waals surface area contributed by atoms with E-state index in [9.17, 15) is 18.0 Å². The van der Waals surface area contributed by atoms with Crippen LogP contribution in [0.4, 0.5) is 13.2 Å². The van der Waals surface area contributed by atoms with Gasteiger partial charge in [0.25, 0.3) is 0 Å². The maximum atomic E-state index is 12.7. The third-order valence-electron chi connectivity index (χ3n) is 4.32. The average molecular weight is 421 g/mol. The number of benzene rings is 2. The van der Waals surface area contributed by atoms with Crippen molar-refractivity contribution in [3.63, 3.8) is 0 Å². The van der Waals surface area contributed by atoms with Gasteiger partial charge in [0.15, 0.2) is 0 Å². The highest BCUT2D eigenvalue weighted by molar-refractivity contribution is 6.17. The highest BCUT2D eigenvalue weighted by Gasteiger charge is 2.30. The van der Waals surface area contributed by atoms with Gasteiger partial charge in [-0.25, -0.2) is 4.79 Å². The first kappa shape index (κ1) is 23.0. The summed E-state index contributed by atoms with van der Waals surface area (Å²) in [7, 11) is 2.70. The second kappa shape index (κ2) is 9.96. The number of oxime groups is 1. The van der Waals surface area contributed by atoms with Crippen molar-refractivity contribution in [1.82, 2.24) is 0 Å². The number of carbonyl (C=O) groups excluding carboxylic acids is 1. The minimum atomic E-state index is -4.39. The normalized spacial score (nSPS) is 12.5. The number of carbonyl (C=O) groups is 1. The van der Waals surface area contributed by atoms with Gasteiger partial charge in [0, 0.05) is 11.1 Å². The molecule has 2 aromatic rings. The molecule has 0 unspecified atom stereocenters. The van der Waals surface area contributed by atoms with Crippen molar-refractivity contribution in [1.29, 1.82) is 0 Å². The maximum absolute atomic E-state index is 12.7. The van der Waals surface area contributed by atoms with E-state index in [0.29, 0.717) is 22.4 Å². The molecule has 160 valence electrons. The number of aryl methyl sites for hydroxylation is 1. The molecular weight excluding hydrogens is 399 g/mol. The second-order valence-corrected chi connectivity index (χ2v) is 6.39. The van der Waals surface area contributed by atoms with Crippen molar-refractivity contribution >= 4 is 17.3 Å². The SMILES string of the molecule is CO/C=C(/C(=O)OC)c1c(C)cccc1CO/N=C(\C)c1ccc(C(F)(F)F)cc1. The Morgan fingerprint density at radius 3 is 2.33 bits per heavy atom. The van der Waals surface area contributed by atoms with E-state index < -0.39 is 17.7 Å². The fraction of sp³-hybridized carbons (Fsp3) is 0.273. The van der Waals surface area contributed by atoms with Gasteiger partial charge in [-0.3, -0.25) is 0 Å². The van der Waals surface area contributed by atoms with E-state index in [1.807, 2.05) is 19.1 Å². The first-order valence-electron chi connectivity index (χ1n) is 8.93. The summed E-state index contributed by atoms with van der Waals surface area (Å²) in [4.78, 5) is 17.6. The topological polar surface area (TPSA) is 57.1 Å². The van der Waals surface area contributed by atoms with E-state index in [1.165, 1.54) is 32.6 Å². The van der Waals surface area contributed by atoms with E-state index in [0.717, 1.165) is 17.7 Å². The minimum Gasteiger partial charge on any atom is -0.503 e. The Kier molecular flexibility index (Phi) is 7.63. The predicted octanol–water partition coefficient (Wildman–Crippen LogP) is 5.11. The molecule has 0 aliphatic carbocycles. The number of halogens is 3. The molecule has 0 saturated heterocycles. The number of alkyl halides is 3. The zero-order valence-corrected chi connectivity index (χ0v) is 17.0. The monoisotopic (exact) mass is 421 g/mol. The number of hydrogen-bond donors (Lipinski definition) is 0. The number of hydrogen-bond acceptors (Lipinski definition) is 5. The summed E-state index contributed by atoms with van der Waals surface area (Å²) in [6.07, 6.45) is -3.09. The van der Waals surface area contributed by atoms with Gasteiger partial charge in [-0.05, 0) is 37.1 Å². The molecule has 5 nitrogen and oxygen atoms in total. The highest BCUT2D eigenvalue weighted by Crippen LogP contribution is 2.29. The molecule has 0 atom stereocenters. The van der Waals surface area contributed by atoms with Gasteiger partial charge < -0.3 is 14.3 Å². The zero-order chi connectivity index (χ0) is 22.3. The van der Waals surface area contributed by atoms with Gasteiger partial charge >= 0.3 is 12.1 Å². The van der Waals surface area contributed by atoms with Crippen molar-refractivity contribution < 1.29 is 32.3 Å². The number of nitrogens with zero attached hydrogens (tertiary/aromatic N) is 1. The van der Waals surface area contributed by atoms with Gasteiger partial charge in [0.2, 0.25) is 0 Å². The van der Waals surface area contributed by atoms with Crippen LogP contribution in [0.5, 0.6) is 0 Å². The lowest BCUT2D eigenvalue weighted by Crippen LogP contribution is -2.09. The third-order valence-corrected chi connectivity index (χ3v) is 4.32. The Morgan fingerprint density at radius 1 is 1.10 bits per heavy atom. The molecule has 0 fully saturated rings. The lowest BCUT2D eigenvalue weighted by Gasteiger charge is -2.14. The van der Waals surface area contributed by atoms with Gasteiger partial charge in [-0.1, -0.05) is 35.5 Å². The standard InChI is InChI=1S/C22H22F3NO4/c1-14-6-5-7-17(20(14)19(13-28-3)21(27)29-4)12-30-26-15(2)16-8-10-18(11-9-16)22(23,24)25/h5-11,13H,12H2,1-4H3/b19-13+,26-15+. The fourth-order valence-corrected chi connectivity index (χ4v) is 2.82. The highest BCUT2D eigenvalue weighted by atomic mass is 19.4. The summed E-state index contributed by atoms with van der Waals surface area (Å²) >= 11 is 0. The summed E-state index contributed by atoms with van der Waals surface area (Å²) in [5.41, 5.74) is 2.51. The van der Waals surface area contributed by atoms with Gasteiger partial charge in [-0.15, -0.1) is 0 Å². The molecular formula is C22H22F3NO4. The van der Waals surface area contributed by atoms with Crippen LogP contribution in [0.2, 0.25) is 0 Å². The van der Waals surface area contributed by atoms with Gasteiger partial charge in [0.1, 0.15) is 12.2 Å². The Hall–Kier alpha value is -3.29. The molecule has 2 aromatic carbocycles. The first-order valence-corrected chi connectivity index (χ1v) is 8.93. The van der Waals surface area contributed by atoms with E-state index >= 15 is 0 Å². The molecule has 0 aliphatic rings. The van der Waals surface area contributed by atoms with Crippen molar-refractivity contribution in [3.8, 4) is 0 Å². The molecule has 0 saturated carbocycles. The van der Waals surface area contributed by atoms with Crippen molar-refractivity contribution in [2.24, 2.45) is 5.16 Å². The van der Waals surface area contributed by atoms with E-state index in [2.05, 4.69) is 5.16 Å². The van der Waals surface area contributed by atoms with Crippen LogP contribution in [-0.4, -0.2) is 25.9 Å². The lowest BCUT2D eigenvalue weighted by atomic mass is 9.96. The Labute approximate surface area is 172 Å². The molecule has 0 aromatic heterocycles. The average Bonchev–Trinajstić information content (AvgIpc) is 2.71. The number of esters is 1. The number of methoxy groups -OCH3 is 2. The molecule has 0 bridgehead atoms. The fourth-order valence-electron chi connectivity index (χ4n) is 2.82. The molecule has 30 heavy (non-hydrogen) atoms. The van der Waals surface area contributed by atoms with Crippen LogP contribution in [0.15, 0.2) is 53.9 Å². The summed E-state index contributed by atoms with van der Waals surface area (Å²) in [5, 5.41) is 3.99. The Morgan fingerprint density at radius 2 is 1.77 bits per heavy atom. The summed E-state index contributed by atoms with van der Waals surface area (Å²) in [5.74, 6) is -0.558. The zero-order valence-electron chi connectivity index (χ0n) is 17.0. The summed E-state index contributed by atoms with van der Waals surface area (Å²) in [6, 6.07) is 10.1. The molecule has 0 N–H and O–H groups in total. The molecule has 0 amide bonds. The molecule has 0 radical (unpaired) electrons. The van der Waals surface area contributed by atoms with Crippen LogP contribution in [-0.2, 0) is 31.9 Å². The predicted molar refractivity (Wildman–Crippen MR) is 107 cm³/mol. The van der Waals surface area contributed by atoms with Crippen LogP contribution in [0.1, 0.15) is 34.7 Å². The van der Waals surface area contributed by atoms with Crippen molar-refractivity contribution in [2.45, 2.75) is 26.6 Å². The summed E-state index contributed by atoms with van der Waals surface area (Å²) in [6.45, 7) is 3.50. The van der Waals surface area contributed by atoms with Crippen LogP contribution < -0.4 is 0 Å². The largest absolute Gasteiger partial charge is 0.503 e. The second-order valence-electron chi connectivity index (χ2n) is 6.39. The lowest BCUT2D eigenvalue weighted by molar-refractivity contribution is -0.137. The van der Waals surface area contributed by atoms with Crippen LogP contribution in [0.25, 0.3) is 5.57 Å². The molecule has 0 spiro atoms. The molecule has 0 aliphatic heterocycles.